The van der Waals surface area contributed by atoms with Gasteiger partial charge in [-0.1, -0.05) is 24.6 Å². The molecular formula is C17H21NO2. The maximum absolute atomic E-state index is 12.0. The van der Waals surface area contributed by atoms with E-state index in [1.54, 1.807) is 0 Å². The van der Waals surface area contributed by atoms with Gasteiger partial charge in [-0.15, -0.1) is 0 Å². The molecule has 1 N–H and O–H groups in total. The van der Waals surface area contributed by atoms with Gasteiger partial charge >= 0.3 is 6.09 Å². The fraction of sp³-hybridized carbons (Fsp3) is 0.588. The van der Waals surface area contributed by atoms with E-state index in [1.165, 1.54) is 25.7 Å². The van der Waals surface area contributed by atoms with Gasteiger partial charge in [-0.05, 0) is 61.5 Å². The minimum absolute atomic E-state index is 0.156. The third-order valence-corrected chi connectivity index (χ3v) is 5.65. The highest BCUT2D eigenvalue weighted by atomic mass is 16.6. The highest BCUT2D eigenvalue weighted by Crippen LogP contribution is 2.59. The van der Waals surface area contributed by atoms with Gasteiger partial charge in [-0.25, -0.2) is 4.79 Å². The molecule has 1 amide bonds. The highest BCUT2D eigenvalue weighted by Gasteiger charge is 2.55. The molecule has 0 unspecified atom stereocenters. The summed E-state index contributed by atoms with van der Waals surface area (Å²) in [5, 5.41) is 2.83. The van der Waals surface area contributed by atoms with E-state index in [0.29, 0.717) is 5.92 Å². The van der Waals surface area contributed by atoms with Gasteiger partial charge < -0.3 is 4.74 Å². The predicted octanol–water partition coefficient (Wildman–Crippen LogP) is 4.06. The zero-order valence-corrected chi connectivity index (χ0v) is 11.6. The first-order chi connectivity index (χ1) is 9.81. The fourth-order valence-corrected chi connectivity index (χ4v) is 4.95. The minimum atomic E-state index is -0.289. The zero-order chi connectivity index (χ0) is 13.5. The number of carbonyl (C=O) groups excluding carboxylic acids is 1. The number of para-hydroxylation sites is 1. The van der Waals surface area contributed by atoms with Crippen molar-refractivity contribution in [1.29, 1.82) is 0 Å². The molecule has 0 saturated heterocycles. The van der Waals surface area contributed by atoms with Gasteiger partial charge in [-0.3, -0.25) is 5.32 Å². The van der Waals surface area contributed by atoms with E-state index in [1.807, 2.05) is 30.3 Å². The van der Waals surface area contributed by atoms with Crippen LogP contribution in [-0.2, 0) is 4.74 Å². The normalized spacial score (nSPS) is 37.7. The van der Waals surface area contributed by atoms with Crippen LogP contribution in [-0.4, -0.2) is 12.2 Å². The summed E-state index contributed by atoms with van der Waals surface area (Å²) in [6, 6.07) is 9.53. The van der Waals surface area contributed by atoms with Crippen LogP contribution in [0.5, 0.6) is 0 Å². The van der Waals surface area contributed by atoms with Crippen molar-refractivity contribution in [2.45, 2.75) is 38.2 Å². The molecule has 0 aliphatic heterocycles. The van der Waals surface area contributed by atoms with Crippen molar-refractivity contribution in [2.24, 2.45) is 23.7 Å². The summed E-state index contributed by atoms with van der Waals surface area (Å²) in [5.41, 5.74) is 0.805. The molecule has 2 bridgehead atoms. The Bertz CT molecular complexity index is 501. The van der Waals surface area contributed by atoms with Crippen LogP contribution >= 0.6 is 0 Å². The van der Waals surface area contributed by atoms with Crippen molar-refractivity contribution in [2.75, 3.05) is 5.32 Å². The maximum atomic E-state index is 12.0. The summed E-state index contributed by atoms with van der Waals surface area (Å²) >= 11 is 0. The Balaban J connectivity index is 1.37. The summed E-state index contributed by atoms with van der Waals surface area (Å²) in [5.74, 6) is 3.23. The SMILES string of the molecule is O=C(Nc1ccccc1)O[C@@H]1C[C@H]2C[C@@H]1[C@@H]1CCC[C@@H]21. The van der Waals surface area contributed by atoms with Crippen LogP contribution < -0.4 is 5.32 Å². The molecular weight excluding hydrogens is 250 g/mol. The molecule has 20 heavy (non-hydrogen) atoms. The topological polar surface area (TPSA) is 38.3 Å². The van der Waals surface area contributed by atoms with E-state index >= 15 is 0 Å². The van der Waals surface area contributed by atoms with Gasteiger partial charge in [0, 0.05) is 5.69 Å². The molecule has 3 heteroatoms. The van der Waals surface area contributed by atoms with Crippen molar-refractivity contribution in [3.63, 3.8) is 0 Å². The molecule has 1 aromatic carbocycles. The predicted molar refractivity (Wildman–Crippen MR) is 77.4 cm³/mol. The standard InChI is InChI=1S/C17H21NO2/c19-17(18-12-5-2-1-3-6-12)20-16-10-11-9-15(16)14-8-4-7-13(11)14/h1-3,5-6,11,13-16H,4,7-10H2,(H,18,19)/t11-,13+,14-,15-,16-/m1/s1. The number of carbonyl (C=O) groups is 1. The van der Waals surface area contributed by atoms with Gasteiger partial charge in [0.15, 0.2) is 0 Å². The van der Waals surface area contributed by atoms with E-state index in [9.17, 15) is 4.79 Å². The average Bonchev–Trinajstić information content (AvgIpc) is 3.11. The Morgan fingerprint density at radius 1 is 1.05 bits per heavy atom. The summed E-state index contributed by atoms with van der Waals surface area (Å²) in [4.78, 5) is 12.0. The number of fused-ring (bicyclic) bond motifs is 5. The van der Waals surface area contributed by atoms with E-state index < -0.39 is 0 Å². The van der Waals surface area contributed by atoms with Crippen LogP contribution in [0.2, 0.25) is 0 Å². The molecule has 1 aromatic rings. The number of amides is 1. The summed E-state index contributed by atoms with van der Waals surface area (Å²) in [7, 11) is 0. The number of benzene rings is 1. The lowest BCUT2D eigenvalue weighted by atomic mass is 9.80. The van der Waals surface area contributed by atoms with Gasteiger partial charge in [0.2, 0.25) is 0 Å². The Labute approximate surface area is 119 Å². The highest BCUT2D eigenvalue weighted by molar-refractivity contribution is 5.84. The first-order valence-electron chi connectivity index (χ1n) is 7.84. The smallest absolute Gasteiger partial charge is 0.411 e. The number of hydrogen-bond donors (Lipinski definition) is 1. The van der Waals surface area contributed by atoms with Gasteiger partial charge in [0.1, 0.15) is 6.10 Å². The molecule has 0 aromatic heterocycles. The Kier molecular flexibility index (Phi) is 2.94. The monoisotopic (exact) mass is 271 g/mol. The lowest BCUT2D eigenvalue weighted by Gasteiger charge is -2.31. The van der Waals surface area contributed by atoms with E-state index in [4.69, 9.17) is 4.74 Å². The van der Waals surface area contributed by atoms with Gasteiger partial charge in [0.05, 0.1) is 0 Å². The Hall–Kier alpha value is -1.51. The maximum Gasteiger partial charge on any atom is 0.411 e. The van der Waals surface area contributed by atoms with E-state index in [2.05, 4.69) is 5.32 Å². The fourth-order valence-electron chi connectivity index (χ4n) is 4.95. The molecule has 5 atom stereocenters. The first kappa shape index (κ1) is 12.2. The third kappa shape index (κ3) is 2.00. The second-order valence-corrected chi connectivity index (χ2v) is 6.59. The molecule has 0 radical (unpaired) electrons. The van der Waals surface area contributed by atoms with Crippen molar-refractivity contribution < 1.29 is 9.53 Å². The minimum Gasteiger partial charge on any atom is -0.446 e. The van der Waals surface area contributed by atoms with Crippen LogP contribution in [0.15, 0.2) is 30.3 Å². The molecule has 0 spiro atoms. The third-order valence-electron chi connectivity index (χ3n) is 5.65. The van der Waals surface area contributed by atoms with Gasteiger partial charge in [-0.2, -0.15) is 0 Å². The molecule has 3 saturated carbocycles. The summed E-state index contributed by atoms with van der Waals surface area (Å²) in [6.45, 7) is 0. The quantitative estimate of drug-likeness (QED) is 0.881. The molecule has 106 valence electrons. The Morgan fingerprint density at radius 3 is 2.70 bits per heavy atom. The van der Waals surface area contributed by atoms with E-state index in [0.717, 1.165) is 29.9 Å². The molecule has 3 nitrogen and oxygen atoms in total. The molecule has 3 fully saturated rings. The largest absolute Gasteiger partial charge is 0.446 e. The molecule has 0 heterocycles. The van der Waals surface area contributed by atoms with Crippen LogP contribution in [0.25, 0.3) is 0 Å². The number of rotatable bonds is 2. The number of anilines is 1. The molecule has 3 aliphatic rings. The second kappa shape index (κ2) is 4.80. The van der Waals surface area contributed by atoms with Crippen molar-refractivity contribution in [3.8, 4) is 0 Å². The molecule has 4 rings (SSSR count). The first-order valence-corrected chi connectivity index (χ1v) is 7.84. The average molecular weight is 271 g/mol. The Morgan fingerprint density at radius 2 is 1.85 bits per heavy atom. The lowest BCUT2D eigenvalue weighted by Crippen LogP contribution is -2.33. The van der Waals surface area contributed by atoms with Crippen molar-refractivity contribution in [3.05, 3.63) is 30.3 Å². The van der Waals surface area contributed by atoms with Crippen LogP contribution in [0, 0.1) is 23.7 Å². The lowest BCUT2D eigenvalue weighted by molar-refractivity contribution is 0.0431. The number of ether oxygens (including phenoxy) is 1. The van der Waals surface area contributed by atoms with E-state index in [-0.39, 0.29) is 12.2 Å². The van der Waals surface area contributed by atoms with Crippen LogP contribution in [0.4, 0.5) is 10.5 Å². The van der Waals surface area contributed by atoms with Gasteiger partial charge in [0.25, 0.3) is 0 Å². The van der Waals surface area contributed by atoms with Crippen LogP contribution in [0.1, 0.15) is 32.1 Å². The number of nitrogens with one attached hydrogen (secondary N) is 1. The van der Waals surface area contributed by atoms with Crippen molar-refractivity contribution >= 4 is 11.8 Å². The zero-order valence-electron chi connectivity index (χ0n) is 11.6. The van der Waals surface area contributed by atoms with Crippen molar-refractivity contribution in [1.82, 2.24) is 0 Å². The number of hydrogen-bond acceptors (Lipinski definition) is 2. The van der Waals surface area contributed by atoms with Crippen LogP contribution in [0.3, 0.4) is 0 Å². The second-order valence-electron chi connectivity index (χ2n) is 6.59. The molecule has 3 aliphatic carbocycles. The summed E-state index contributed by atoms with van der Waals surface area (Å²) in [6.07, 6.45) is 6.39. The summed E-state index contributed by atoms with van der Waals surface area (Å²) < 4.78 is 5.71.